The highest BCUT2D eigenvalue weighted by Gasteiger charge is 2.21. The Bertz CT molecular complexity index is 783. The van der Waals surface area contributed by atoms with E-state index in [2.05, 4.69) is 15.5 Å². The van der Waals surface area contributed by atoms with Crippen LogP contribution in [0, 0.1) is 6.92 Å². The van der Waals surface area contributed by atoms with E-state index in [0.29, 0.717) is 23.7 Å². The third-order valence-electron chi connectivity index (χ3n) is 3.27. The molecule has 1 heterocycles. The number of rotatable bonds is 6. The minimum Gasteiger partial charge on any atom is -0.355 e. The van der Waals surface area contributed by atoms with Crippen LogP contribution in [0.25, 0.3) is 0 Å². The number of nitrogens with one attached hydrogen (secondary N) is 1. The second kappa shape index (κ2) is 6.88. The lowest BCUT2D eigenvalue weighted by molar-refractivity contribution is 0.0963. The van der Waals surface area contributed by atoms with Crippen molar-refractivity contribution in [2.24, 2.45) is 0 Å². The molecule has 0 saturated heterocycles. The molecule has 2 aromatic rings. The highest BCUT2D eigenvalue weighted by molar-refractivity contribution is 7.89. The fraction of sp³-hybridized carbons (Fsp3) is 0.357. The molecule has 0 bridgehead atoms. The van der Waals surface area contributed by atoms with Crippen LogP contribution in [0.2, 0.25) is 0 Å². The largest absolute Gasteiger partial charge is 0.355 e. The molecule has 0 saturated carbocycles. The van der Waals surface area contributed by atoms with Gasteiger partial charge in [-0.25, -0.2) is 12.7 Å². The van der Waals surface area contributed by atoms with Crippen molar-refractivity contribution < 1.29 is 17.7 Å². The number of benzene rings is 1. The van der Waals surface area contributed by atoms with Gasteiger partial charge in [-0.2, -0.15) is 4.98 Å². The predicted octanol–water partition coefficient (Wildman–Crippen LogP) is 0.601. The zero-order chi connectivity index (χ0) is 17.0. The minimum absolute atomic E-state index is 0.122. The van der Waals surface area contributed by atoms with Crippen molar-refractivity contribution in [1.82, 2.24) is 19.8 Å². The number of carbonyl (C=O) groups is 1. The molecule has 9 heteroatoms. The van der Waals surface area contributed by atoms with Crippen molar-refractivity contribution in [2.45, 2.75) is 18.2 Å². The summed E-state index contributed by atoms with van der Waals surface area (Å²) >= 11 is 0. The molecule has 1 aromatic carbocycles. The maximum atomic E-state index is 12.5. The molecular weight excluding hydrogens is 320 g/mol. The zero-order valence-electron chi connectivity index (χ0n) is 13.1. The summed E-state index contributed by atoms with van der Waals surface area (Å²) in [5.74, 6) is 0.629. The maximum Gasteiger partial charge on any atom is 0.251 e. The molecule has 1 amide bonds. The monoisotopic (exact) mass is 338 g/mol. The molecule has 1 N–H and O–H groups in total. The molecule has 0 radical (unpaired) electrons. The summed E-state index contributed by atoms with van der Waals surface area (Å²) < 4.78 is 31.0. The van der Waals surface area contributed by atoms with E-state index in [-0.39, 0.29) is 17.3 Å². The number of hydrogen-bond acceptors (Lipinski definition) is 6. The first-order chi connectivity index (χ1) is 10.8. The van der Waals surface area contributed by atoms with Gasteiger partial charge in [-0.1, -0.05) is 5.16 Å². The third-order valence-corrected chi connectivity index (χ3v) is 5.14. The van der Waals surface area contributed by atoms with Crippen molar-refractivity contribution in [3.63, 3.8) is 0 Å². The fourth-order valence-corrected chi connectivity index (χ4v) is 3.09. The molecule has 23 heavy (non-hydrogen) atoms. The van der Waals surface area contributed by atoms with E-state index in [1.807, 2.05) is 0 Å². The van der Waals surface area contributed by atoms with Crippen LogP contribution >= 0.6 is 0 Å². The molecular formula is C14H18N4O4S. The number of aromatic nitrogens is 2. The Morgan fingerprint density at radius 3 is 2.48 bits per heavy atom. The predicted molar refractivity (Wildman–Crippen MR) is 82.4 cm³/mol. The number of likely N-dealkylation sites (N-methyl/N-ethyl adjacent to an activating group) is 1. The van der Waals surface area contributed by atoms with E-state index < -0.39 is 10.0 Å². The van der Waals surface area contributed by atoms with Gasteiger partial charge >= 0.3 is 0 Å². The molecule has 0 aliphatic carbocycles. The topological polar surface area (TPSA) is 105 Å². The molecule has 0 unspecified atom stereocenters. The van der Waals surface area contributed by atoms with Gasteiger partial charge in [0.1, 0.15) is 0 Å². The average molecular weight is 338 g/mol. The molecule has 0 fully saturated rings. The normalized spacial score (nSPS) is 11.7. The van der Waals surface area contributed by atoms with Crippen LogP contribution in [0.3, 0.4) is 0 Å². The number of hydrogen-bond donors (Lipinski definition) is 1. The number of sulfonamides is 1. The Labute approximate surface area is 134 Å². The highest BCUT2D eigenvalue weighted by Crippen LogP contribution is 2.15. The molecule has 8 nitrogen and oxygen atoms in total. The van der Waals surface area contributed by atoms with Crippen molar-refractivity contribution in [3.05, 3.63) is 41.5 Å². The van der Waals surface area contributed by atoms with Crippen molar-refractivity contribution in [1.29, 1.82) is 0 Å². The molecule has 1 aromatic heterocycles. The number of carbonyl (C=O) groups excluding carboxylic acids is 1. The van der Waals surface area contributed by atoms with E-state index in [1.54, 1.807) is 6.92 Å². The summed E-state index contributed by atoms with van der Waals surface area (Å²) in [6, 6.07) is 5.77. The fourth-order valence-electron chi connectivity index (χ4n) is 1.92. The van der Waals surface area contributed by atoms with E-state index in [1.165, 1.54) is 42.7 Å². The second-order valence-corrected chi connectivity index (χ2v) is 6.95. The minimum atomic E-state index is -3.64. The Morgan fingerprint density at radius 2 is 1.96 bits per heavy atom. The average Bonchev–Trinajstić information content (AvgIpc) is 2.97. The second-order valence-electron chi connectivity index (χ2n) is 4.91. The number of amides is 1. The van der Waals surface area contributed by atoms with E-state index in [9.17, 15) is 13.2 Å². The number of aryl methyl sites for hydroxylation is 1. The van der Waals surface area contributed by atoms with Crippen molar-refractivity contribution in [3.8, 4) is 0 Å². The van der Waals surface area contributed by atoms with Gasteiger partial charge in [-0.15, -0.1) is 0 Å². The molecule has 124 valence electrons. The van der Waals surface area contributed by atoms with Gasteiger partial charge in [-0.05, 0) is 24.3 Å². The SMILES string of the molecule is CNC(=O)c1ccc(S(=O)(=O)N(C)CCc2noc(C)n2)cc1. The van der Waals surface area contributed by atoms with Crippen LogP contribution in [-0.4, -0.2) is 49.4 Å². The van der Waals surface area contributed by atoms with Crippen LogP contribution in [-0.2, 0) is 16.4 Å². The first kappa shape index (κ1) is 17.1. The van der Waals surface area contributed by atoms with Gasteiger partial charge in [0.2, 0.25) is 15.9 Å². The van der Waals surface area contributed by atoms with Gasteiger partial charge in [0.25, 0.3) is 5.91 Å². The van der Waals surface area contributed by atoms with Gasteiger partial charge in [0.05, 0.1) is 4.90 Å². The maximum absolute atomic E-state index is 12.5. The molecule has 0 atom stereocenters. The molecule has 0 spiro atoms. The van der Waals surface area contributed by atoms with Gasteiger partial charge in [0, 0.05) is 39.5 Å². The van der Waals surface area contributed by atoms with Crippen LogP contribution in [0.5, 0.6) is 0 Å². The zero-order valence-corrected chi connectivity index (χ0v) is 13.9. The van der Waals surface area contributed by atoms with Crippen LogP contribution in [0.1, 0.15) is 22.1 Å². The Hall–Kier alpha value is -2.26. The summed E-state index contributed by atoms with van der Waals surface area (Å²) in [6.45, 7) is 1.89. The van der Waals surface area contributed by atoms with Gasteiger partial charge in [0.15, 0.2) is 5.82 Å². The summed E-state index contributed by atoms with van der Waals surface area (Å²) in [5, 5.41) is 6.21. The van der Waals surface area contributed by atoms with Crippen LogP contribution in [0.15, 0.2) is 33.7 Å². The lowest BCUT2D eigenvalue weighted by atomic mass is 10.2. The Balaban J connectivity index is 2.08. The Kier molecular flexibility index (Phi) is 5.12. The van der Waals surface area contributed by atoms with Crippen LogP contribution in [0.4, 0.5) is 0 Å². The molecule has 0 aliphatic rings. The lowest BCUT2D eigenvalue weighted by Crippen LogP contribution is -2.29. The van der Waals surface area contributed by atoms with Gasteiger partial charge < -0.3 is 9.84 Å². The summed E-state index contributed by atoms with van der Waals surface area (Å²) in [4.78, 5) is 15.6. The van der Waals surface area contributed by atoms with Crippen molar-refractivity contribution in [2.75, 3.05) is 20.6 Å². The lowest BCUT2D eigenvalue weighted by Gasteiger charge is -2.16. The Morgan fingerprint density at radius 1 is 1.30 bits per heavy atom. The third kappa shape index (κ3) is 3.93. The van der Waals surface area contributed by atoms with E-state index in [0.717, 1.165) is 0 Å². The first-order valence-corrected chi connectivity index (χ1v) is 8.36. The standard InChI is InChI=1S/C14H18N4O4S/c1-10-16-13(17-22-10)8-9-18(3)23(20,21)12-6-4-11(5-7-12)14(19)15-2/h4-7H,8-9H2,1-3H3,(H,15,19). The first-order valence-electron chi connectivity index (χ1n) is 6.92. The summed E-state index contributed by atoms with van der Waals surface area (Å²) in [5.41, 5.74) is 0.399. The quantitative estimate of drug-likeness (QED) is 0.827. The smallest absolute Gasteiger partial charge is 0.251 e. The van der Waals surface area contributed by atoms with Crippen molar-refractivity contribution >= 4 is 15.9 Å². The molecule has 2 rings (SSSR count). The van der Waals surface area contributed by atoms with Crippen LogP contribution < -0.4 is 5.32 Å². The van der Waals surface area contributed by atoms with E-state index >= 15 is 0 Å². The van der Waals surface area contributed by atoms with Gasteiger partial charge in [-0.3, -0.25) is 4.79 Å². The molecule has 0 aliphatic heterocycles. The highest BCUT2D eigenvalue weighted by atomic mass is 32.2. The van der Waals surface area contributed by atoms with E-state index in [4.69, 9.17) is 4.52 Å². The summed E-state index contributed by atoms with van der Waals surface area (Å²) in [7, 11) is -0.641. The number of nitrogens with zero attached hydrogens (tertiary/aromatic N) is 3. The summed E-state index contributed by atoms with van der Waals surface area (Å²) in [6.07, 6.45) is 0.351.